The minimum Gasteiger partial charge on any atom is -0.317 e. The van der Waals surface area contributed by atoms with E-state index in [1.54, 1.807) is 30.3 Å². The summed E-state index contributed by atoms with van der Waals surface area (Å²) in [5.41, 5.74) is 3.88. The molecular weight excluding hydrogens is 494 g/mol. The molecule has 1 aliphatic heterocycles. The average molecular weight is 514 g/mol. The van der Waals surface area contributed by atoms with Crippen LogP contribution in [0.4, 0.5) is 10.5 Å². The van der Waals surface area contributed by atoms with Crippen LogP contribution in [0.3, 0.4) is 0 Å². The van der Waals surface area contributed by atoms with Crippen LogP contribution in [-0.2, 0) is 9.59 Å². The first kappa shape index (κ1) is 21.9. The van der Waals surface area contributed by atoms with Crippen LogP contribution >= 0.6 is 15.9 Å². The van der Waals surface area contributed by atoms with E-state index in [2.05, 4.69) is 44.0 Å². The van der Waals surface area contributed by atoms with Gasteiger partial charge in [0, 0.05) is 21.2 Å². The van der Waals surface area contributed by atoms with Crippen LogP contribution in [0.5, 0.6) is 0 Å². The SMILES string of the molecule is Cc1cc(/C=C2\C(=O)NC(=O)N(c3ccc(Br)cc3)C2=O)c(C)n1-c1cccc2ccccc12. The molecule has 0 saturated carbocycles. The first-order chi connectivity index (χ1) is 16.3. The van der Waals surface area contributed by atoms with E-state index in [9.17, 15) is 14.4 Å². The highest BCUT2D eigenvalue weighted by molar-refractivity contribution is 9.10. The molecule has 0 bridgehead atoms. The molecule has 1 saturated heterocycles. The number of nitrogens with one attached hydrogen (secondary N) is 1. The smallest absolute Gasteiger partial charge is 0.317 e. The van der Waals surface area contributed by atoms with Crippen LogP contribution in [0.25, 0.3) is 22.5 Å². The van der Waals surface area contributed by atoms with Gasteiger partial charge in [-0.15, -0.1) is 0 Å². The number of aromatic nitrogens is 1. The lowest BCUT2D eigenvalue weighted by molar-refractivity contribution is -0.122. The van der Waals surface area contributed by atoms with Crippen molar-refractivity contribution in [2.45, 2.75) is 13.8 Å². The summed E-state index contributed by atoms with van der Waals surface area (Å²) in [6, 6.07) is 22.2. The molecule has 34 heavy (non-hydrogen) atoms. The molecule has 7 heteroatoms. The maximum absolute atomic E-state index is 13.2. The van der Waals surface area contributed by atoms with Crippen LogP contribution in [-0.4, -0.2) is 22.4 Å². The van der Waals surface area contributed by atoms with Crippen molar-refractivity contribution in [1.29, 1.82) is 0 Å². The van der Waals surface area contributed by atoms with E-state index in [0.29, 0.717) is 5.69 Å². The molecule has 0 spiro atoms. The number of nitrogens with zero attached hydrogens (tertiary/aromatic N) is 2. The molecule has 168 valence electrons. The Morgan fingerprint density at radius 1 is 0.882 bits per heavy atom. The largest absolute Gasteiger partial charge is 0.335 e. The van der Waals surface area contributed by atoms with Crippen LogP contribution in [0, 0.1) is 13.8 Å². The average Bonchev–Trinajstić information content (AvgIpc) is 3.10. The van der Waals surface area contributed by atoms with Crippen molar-refractivity contribution < 1.29 is 14.4 Å². The third kappa shape index (κ3) is 3.64. The number of rotatable bonds is 3. The predicted molar refractivity (Wildman–Crippen MR) is 136 cm³/mol. The van der Waals surface area contributed by atoms with E-state index in [1.807, 2.05) is 44.2 Å². The van der Waals surface area contributed by atoms with Gasteiger partial charge < -0.3 is 4.57 Å². The highest BCUT2D eigenvalue weighted by Gasteiger charge is 2.37. The van der Waals surface area contributed by atoms with Crippen molar-refractivity contribution >= 4 is 56.3 Å². The van der Waals surface area contributed by atoms with Crippen molar-refractivity contribution in [3.63, 3.8) is 0 Å². The van der Waals surface area contributed by atoms with E-state index < -0.39 is 17.8 Å². The Labute approximate surface area is 204 Å². The quantitative estimate of drug-likeness (QED) is 0.283. The molecule has 1 fully saturated rings. The summed E-state index contributed by atoms with van der Waals surface area (Å²) in [5.74, 6) is -1.37. The number of fused-ring (bicyclic) bond motifs is 1. The Morgan fingerprint density at radius 3 is 2.35 bits per heavy atom. The van der Waals surface area contributed by atoms with Gasteiger partial charge >= 0.3 is 6.03 Å². The van der Waals surface area contributed by atoms with E-state index in [0.717, 1.165) is 42.8 Å². The Morgan fingerprint density at radius 2 is 1.59 bits per heavy atom. The zero-order valence-corrected chi connectivity index (χ0v) is 20.1. The molecule has 5 rings (SSSR count). The van der Waals surface area contributed by atoms with E-state index in [-0.39, 0.29) is 5.57 Å². The summed E-state index contributed by atoms with van der Waals surface area (Å²) in [7, 11) is 0. The van der Waals surface area contributed by atoms with Gasteiger partial charge in [-0.1, -0.05) is 52.3 Å². The van der Waals surface area contributed by atoms with Crippen LogP contribution in [0.1, 0.15) is 17.0 Å². The predicted octanol–water partition coefficient (Wildman–Crippen LogP) is 5.68. The van der Waals surface area contributed by atoms with E-state index in [1.165, 1.54) is 0 Å². The van der Waals surface area contributed by atoms with Gasteiger partial charge in [0.2, 0.25) is 0 Å². The van der Waals surface area contributed by atoms with Gasteiger partial charge in [-0.25, -0.2) is 9.69 Å². The van der Waals surface area contributed by atoms with E-state index in [4.69, 9.17) is 0 Å². The number of barbiturate groups is 1. The molecule has 1 N–H and O–H groups in total. The number of carbonyl (C=O) groups excluding carboxylic acids is 3. The second-order valence-electron chi connectivity index (χ2n) is 8.09. The lowest BCUT2D eigenvalue weighted by atomic mass is 10.1. The lowest BCUT2D eigenvalue weighted by Gasteiger charge is -2.26. The van der Waals surface area contributed by atoms with Crippen molar-refractivity contribution in [3.05, 3.63) is 99.8 Å². The molecule has 4 aromatic rings. The summed E-state index contributed by atoms with van der Waals surface area (Å²) < 4.78 is 2.92. The highest BCUT2D eigenvalue weighted by Crippen LogP contribution is 2.29. The first-order valence-corrected chi connectivity index (χ1v) is 11.5. The van der Waals surface area contributed by atoms with Crippen LogP contribution in [0.15, 0.2) is 82.8 Å². The molecule has 3 aromatic carbocycles. The maximum atomic E-state index is 13.2. The third-order valence-corrected chi connectivity index (χ3v) is 6.49. The van der Waals surface area contributed by atoms with Crippen molar-refractivity contribution in [3.8, 4) is 5.69 Å². The first-order valence-electron chi connectivity index (χ1n) is 10.7. The Hall–Kier alpha value is -3.97. The fraction of sp³-hybridized carbons (Fsp3) is 0.0741. The van der Waals surface area contributed by atoms with Gasteiger partial charge in [0.15, 0.2) is 0 Å². The number of aryl methyl sites for hydroxylation is 1. The van der Waals surface area contributed by atoms with Gasteiger partial charge in [0.25, 0.3) is 11.8 Å². The fourth-order valence-electron chi connectivity index (χ4n) is 4.35. The highest BCUT2D eigenvalue weighted by atomic mass is 79.9. The van der Waals surface area contributed by atoms with Crippen LogP contribution < -0.4 is 10.2 Å². The number of hydrogen-bond acceptors (Lipinski definition) is 3. The second-order valence-corrected chi connectivity index (χ2v) is 9.01. The minimum atomic E-state index is -0.768. The minimum absolute atomic E-state index is 0.0966. The zero-order valence-electron chi connectivity index (χ0n) is 18.5. The molecule has 1 aromatic heterocycles. The number of benzene rings is 3. The monoisotopic (exact) mass is 513 g/mol. The Balaban J connectivity index is 1.59. The molecule has 6 nitrogen and oxygen atoms in total. The number of carbonyl (C=O) groups is 3. The third-order valence-electron chi connectivity index (χ3n) is 5.96. The maximum Gasteiger partial charge on any atom is 0.335 e. The molecule has 4 amide bonds. The van der Waals surface area contributed by atoms with Gasteiger partial charge in [0.05, 0.1) is 11.4 Å². The molecule has 0 aliphatic carbocycles. The number of imide groups is 2. The number of hydrogen-bond donors (Lipinski definition) is 1. The van der Waals surface area contributed by atoms with Crippen molar-refractivity contribution in [1.82, 2.24) is 9.88 Å². The molecule has 1 aliphatic rings. The van der Waals surface area contributed by atoms with Crippen LogP contribution in [0.2, 0.25) is 0 Å². The van der Waals surface area contributed by atoms with Crippen molar-refractivity contribution in [2.75, 3.05) is 4.90 Å². The standard InChI is InChI=1S/C27H20BrN3O3/c1-16-14-19(17(2)30(16)24-9-5-7-18-6-3-4-8-22(18)24)15-23-25(32)29-27(34)31(26(23)33)21-12-10-20(28)11-13-21/h3-15H,1-2H3,(H,29,32,34)/b23-15+. The van der Waals surface area contributed by atoms with Gasteiger partial charge in [0.1, 0.15) is 5.57 Å². The van der Waals surface area contributed by atoms with Gasteiger partial charge in [-0.3, -0.25) is 14.9 Å². The fourth-order valence-corrected chi connectivity index (χ4v) is 4.61. The molecule has 2 heterocycles. The molecule has 0 atom stereocenters. The van der Waals surface area contributed by atoms with Gasteiger partial charge in [-0.2, -0.15) is 0 Å². The summed E-state index contributed by atoms with van der Waals surface area (Å²) in [5, 5.41) is 4.50. The van der Waals surface area contributed by atoms with E-state index >= 15 is 0 Å². The summed E-state index contributed by atoms with van der Waals surface area (Å²) in [6.07, 6.45) is 1.56. The number of amides is 4. The Kier molecular flexibility index (Phi) is 5.42. The molecular formula is C27H20BrN3O3. The zero-order chi connectivity index (χ0) is 24.0. The topological polar surface area (TPSA) is 71.4 Å². The Bertz CT molecular complexity index is 1510. The summed E-state index contributed by atoms with van der Waals surface area (Å²) in [6.45, 7) is 3.93. The van der Waals surface area contributed by atoms with Gasteiger partial charge in [-0.05, 0) is 67.3 Å². The summed E-state index contributed by atoms with van der Waals surface area (Å²) in [4.78, 5) is 39.3. The van der Waals surface area contributed by atoms with Crippen molar-refractivity contribution in [2.24, 2.45) is 0 Å². The number of halogens is 1. The summed E-state index contributed by atoms with van der Waals surface area (Å²) >= 11 is 3.34. The number of urea groups is 1. The molecule has 0 unspecified atom stereocenters. The molecule has 0 radical (unpaired) electrons. The second kappa shape index (κ2) is 8.43. The lowest BCUT2D eigenvalue weighted by Crippen LogP contribution is -2.54. The normalized spacial score (nSPS) is 15.3. The number of anilines is 1.